The number of carbonyl (C=O) groups is 3. The van der Waals surface area contributed by atoms with E-state index in [-0.39, 0.29) is 35.2 Å². The molecule has 26 heavy (non-hydrogen) atoms. The van der Waals surface area contributed by atoms with Gasteiger partial charge in [-0.1, -0.05) is 25.5 Å². The zero-order valence-corrected chi connectivity index (χ0v) is 15.0. The first-order valence-electron chi connectivity index (χ1n) is 8.29. The van der Waals surface area contributed by atoms with E-state index in [1.54, 1.807) is 12.1 Å². The molecule has 7 heteroatoms. The van der Waals surface area contributed by atoms with E-state index in [0.717, 1.165) is 12.8 Å². The van der Waals surface area contributed by atoms with Crippen LogP contribution >= 0.6 is 0 Å². The smallest absolute Gasteiger partial charge is 0.264 e. The Labute approximate surface area is 151 Å². The number of amides is 2. The maximum absolute atomic E-state index is 12.1. The molecule has 1 aromatic heterocycles. The van der Waals surface area contributed by atoms with Crippen LogP contribution in [0.1, 0.15) is 52.3 Å². The van der Waals surface area contributed by atoms with Gasteiger partial charge < -0.3 is 14.9 Å². The summed E-state index contributed by atoms with van der Waals surface area (Å²) >= 11 is 0. The van der Waals surface area contributed by atoms with E-state index in [2.05, 4.69) is 12.2 Å². The fraction of sp³-hybridized carbons (Fsp3) is 0.316. The minimum Gasteiger partial charge on any atom is -0.484 e. The average molecular weight is 358 g/mol. The molecule has 0 fully saturated rings. The average Bonchev–Trinajstić information content (AvgIpc) is 2.91. The van der Waals surface area contributed by atoms with Crippen LogP contribution in [-0.4, -0.2) is 24.2 Å². The number of aryl methyl sites for hydroxylation is 2. The second-order valence-corrected chi connectivity index (χ2v) is 5.89. The molecule has 0 aliphatic heterocycles. The van der Waals surface area contributed by atoms with Crippen LogP contribution in [0.5, 0.6) is 5.75 Å². The van der Waals surface area contributed by atoms with E-state index in [1.165, 1.54) is 19.4 Å². The monoisotopic (exact) mass is 358 g/mol. The van der Waals surface area contributed by atoms with E-state index in [4.69, 9.17) is 14.9 Å². The van der Waals surface area contributed by atoms with E-state index < -0.39 is 11.8 Å². The third kappa shape index (κ3) is 4.50. The number of anilines is 1. The quantitative estimate of drug-likeness (QED) is 0.705. The van der Waals surface area contributed by atoms with Gasteiger partial charge in [0.15, 0.2) is 12.4 Å². The van der Waals surface area contributed by atoms with Gasteiger partial charge in [0.2, 0.25) is 5.88 Å². The lowest BCUT2D eigenvalue weighted by Crippen LogP contribution is -2.23. The Morgan fingerprint density at radius 1 is 1.15 bits per heavy atom. The predicted molar refractivity (Wildman–Crippen MR) is 96.5 cm³/mol. The number of nitrogens with one attached hydrogen (secondary N) is 1. The van der Waals surface area contributed by atoms with Crippen LogP contribution in [0.4, 0.5) is 5.88 Å². The standard InChI is InChI=1S/C19H22N2O5/c1-4-5-13-6-8-14(9-7-13)25-10-15(23)21-19-17(18(20)24)16(11(2)22)12(3)26-19/h6-9H,4-5,10H2,1-3H3,(H2,20,24)(H,21,23). The number of hydrogen-bond acceptors (Lipinski definition) is 5. The van der Waals surface area contributed by atoms with Gasteiger partial charge in [-0.25, -0.2) is 0 Å². The van der Waals surface area contributed by atoms with Gasteiger partial charge in [0.1, 0.15) is 17.1 Å². The molecular weight excluding hydrogens is 336 g/mol. The Morgan fingerprint density at radius 2 is 1.81 bits per heavy atom. The number of carbonyl (C=O) groups excluding carboxylic acids is 3. The van der Waals surface area contributed by atoms with E-state index >= 15 is 0 Å². The largest absolute Gasteiger partial charge is 0.484 e. The molecule has 1 heterocycles. The van der Waals surface area contributed by atoms with Crippen LogP contribution in [0.3, 0.4) is 0 Å². The molecule has 0 spiro atoms. The minimum atomic E-state index is -0.852. The summed E-state index contributed by atoms with van der Waals surface area (Å²) in [6.07, 6.45) is 2.03. The van der Waals surface area contributed by atoms with Crippen molar-refractivity contribution in [1.82, 2.24) is 0 Å². The van der Waals surface area contributed by atoms with Gasteiger partial charge in [-0.3, -0.25) is 19.7 Å². The molecule has 3 N–H and O–H groups in total. The maximum atomic E-state index is 12.1. The summed E-state index contributed by atoms with van der Waals surface area (Å²) in [5.74, 6) is -1.14. The fourth-order valence-electron chi connectivity index (χ4n) is 2.64. The van der Waals surface area contributed by atoms with Crippen molar-refractivity contribution in [2.45, 2.75) is 33.6 Å². The van der Waals surface area contributed by atoms with Gasteiger partial charge in [0.05, 0.1) is 5.56 Å². The van der Waals surface area contributed by atoms with E-state index in [1.807, 2.05) is 12.1 Å². The third-order valence-electron chi connectivity index (χ3n) is 3.77. The van der Waals surface area contributed by atoms with Crippen molar-refractivity contribution < 1.29 is 23.5 Å². The number of nitrogens with two attached hydrogens (primary N) is 1. The Bertz CT molecular complexity index is 821. The molecular formula is C19H22N2O5. The van der Waals surface area contributed by atoms with Gasteiger partial charge in [0.25, 0.3) is 11.8 Å². The van der Waals surface area contributed by atoms with Crippen LogP contribution in [0.25, 0.3) is 0 Å². The van der Waals surface area contributed by atoms with Crippen LogP contribution < -0.4 is 15.8 Å². The Kier molecular flexibility index (Phi) is 6.16. The molecule has 2 rings (SSSR count). The summed E-state index contributed by atoms with van der Waals surface area (Å²) < 4.78 is 10.7. The Morgan fingerprint density at radius 3 is 2.35 bits per heavy atom. The van der Waals surface area contributed by atoms with Crippen LogP contribution in [-0.2, 0) is 11.2 Å². The SMILES string of the molecule is CCCc1ccc(OCC(=O)Nc2oc(C)c(C(C)=O)c2C(N)=O)cc1. The number of furan rings is 1. The van der Waals surface area contributed by atoms with Crippen molar-refractivity contribution in [2.24, 2.45) is 5.73 Å². The number of rotatable bonds is 8. The Balaban J connectivity index is 2.05. The van der Waals surface area contributed by atoms with Crippen LogP contribution in [0, 0.1) is 6.92 Å². The molecule has 138 valence electrons. The number of Topliss-reactive ketones (excluding diaryl/α,β-unsaturated/α-hetero) is 1. The summed E-state index contributed by atoms with van der Waals surface area (Å²) in [7, 11) is 0. The number of benzene rings is 1. The first-order valence-corrected chi connectivity index (χ1v) is 8.29. The van der Waals surface area contributed by atoms with Gasteiger partial charge in [-0.15, -0.1) is 0 Å². The summed E-state index contributed by atoms with van der Waals surface area (Å²) in [5.41, 5.74) is 6.44. The molecule has 2 aromatic rings. The van der Waals surface area contributed by atoms with Crippen molar-refractivity contribution >= 4 is 23.5 Å². The summed E-state index contributed by atoms with van der Waals surface area (Å²) in [4.78, 5) is 35.4. The predicted octanol–water partition coefficient (Wildman–Crippen LogP) is 2.86. The molecule has 1 aromatic carbocycles. The molecule has 2 amide bonds. The fourth-order valence-corrected chi connectivity index (χ4v) is 2.64. The Hall–Kier alpha value is -3.09. The lowest BCUT2D eigenvalue weighted by atomic mass is 10.1. The number of hydrogen-bond donors (Lipinski definition) is 2. The molecule has 0 radical (unpaired) electrons. The number of ketones is 1. The van der Waals surface area contributed by atoms with Crippen LogP contribution in [0.15, 0.2) is 28.7 Å². The second-order valence-electron chi connectivity index (χ2n) is 5.89. The molecule has 0 saturated carbocycles. The molecule has 0 atom stereocenters. The first-order chi connectivity index (χ1) is 12.3. The highest BCUT2D eigenvalue weighted by atomic mass is 16.5. The zero-order chi connectivity index (χ0) is 19.3. The van der Waals surface area contributed by atoms with E-state index in [0.29, 0.717) is 5.75 Å². The molecule has 0 bridgehead atoms. The molecule has 0 unspecified atom stereocenters. The summed E-state index contributed by atoms with van der Waals surface area (Å²) in [5, 5.41) is 2.43. The molecule has 7 nitrogen and oxygen atoms in total. The highest BCUT2D eigenvalue weighted by Crippen LogP contribution is 2.27. The van der Waals surface area contributed by atoms with Gasteiger partial charge in [-0.05, 0) is 38.0 Å². The highest BCUT2D eigenvalue weighted by molar-refractivity contribution is 6.12. The summed E-state index contributed by atoms with van der Waals surface area (Å²) in [6, 6.07) is 7.46. The maximum Gasteiger partial charge on any atom is 0.264 e. The second kappa shape index (κ2) is 8.33. The van der Waals surface area contributed by atoms with Crippen molar-refractivity contribution in [3.05, 3.63) is 46.7 Å². The molecule has 0 aliphatic rings. The van der Waals surface area contributed by atoms with Crippen molar-refractivity contribution in [3.63, 3.8) is 0 Å². The summed E-state index contributed by atoms with van der Waals surface area (Å²) in [6.45, 7) is 4.64. The van der Waals surface area contributed by atoms with E-state index in [9.17, 15) is 14.4 Å². The lowest BCUT2D eigenvalue weighted by molar-refractivity contribution is -0.118. The number of ether oxygens (including phenoxy) is 1. The first kappa shape index (κ1) is 19.2. The topological polar surface area (TPSA) is 112 Å². The molecule has 0 saturated heterocycles. The third-order valence-corrected chi connectivity index (χ3v) is 3.77. The zero-order valence-electron chi connectivity index (χ0n) is 15.0. The van der Waals surface area contributed by atoms with Crippen molar-refractivity contribution in [3.8, 4) is 5.75 Å². The van der Waals surface area contributed by atoms with Crippen molar-refractivity contribution in [1.29, 1.82) is 0 Å². The van der Waals surface area contributed by atoms with Gasteiger partial charge in [-0.2, -0.15) is 0 Å². The normalized spacial score (nSPS) is 10.4. The lowest BCUT2D eigenvalue weighted by Gasteiger charge is -2.07. The van der Waals surface area contributed by atoms with Gasteiger partial charge in [0, 0.05) is 0 Å². The highest BCUT2D eigenvalue weighted by Gasteiger charge is 2.26. The van der Waals surface area contributed by atoms with Crippen molar-refractivity contribution in [2.75, 3.05) is 11.9 Å². The molecule has 0 aliphatic carbocycles. The minimum absolute atomic E-state index is 0.0697. The van der Waals surface area contributed by atoms with Gasteiger partial charge >= 0.3 is 0 Å². The van der Waals surface area contributed by atoms with Crippen LogP contribution in [0.2, 0.25) is 0 Å². The number of primary amides is 1.